The Morgan fingerprint density at radius 3 is 2.54 bits per heavy atom. The van der Waals surface area contributed by atoms with Crippen LogP contribution < -0.4 is 10.1 Å². The van der Waals surface area contributed by atoms with Crippen LogP contribution in [0.2, 0.25) is 0 Å². The average molecular weight is 498 g/mol. The highest BCUT2D eigenvalue weighted by Crippen LogP contribution is 2.20. The van der Waals surface area contributed by atoms with E-state index in [9.17, 15) is 4.79 Å². The summed E-state index contributed by atoms with van der Waals surface area (Å²) in [4.78, 5) is 17.2. The van der Waals surface area contributed by atoms with Crippen molar-refractivity contribution in [1.29, 1.82) is 0 Å². The molecule has 5 heteroatoms. The van der Waals surface area contributed by atoms with Crippen molar-refractivity contribution in [2.45, 2.75) is 65.3 Å². The van der Waals surface area contributed by atoms with Crippen molar-refractivity contribution < 1.29 is 9.53 Å². The van der Waals surface area contributed by atoms with Crippen LogP contribution >= 0.6 is 0 Å². The van der Waals surface area contributed by atoms with Gasteiger partial charge in [-0.2, -0.15) is 0 Å². The quantitative estimate of drug-likeness (QED) is 0.201. The van der Waals surface area contributed by atoms with E-state index in [-0.39, 0.29) is 5.91 Å². The number of aryl methyl sites for hydroxylation is 3. The molecule has 0 saturated carbocycles. The zero-order chi connectivity index (χ0) is 26.0. The summed E-state index contributed by atoms with van der Waals surface area (Å²) >= 11 is 0. The third-order valence-electron chi connectivity index (χ3n) is 6.72. The predicted molar refractivity (Wildman–Crippen MR) is 151 cm³/mol. The van der Waals surface area contributed by atoms with E-state index in [0.717, 1.165) is 66.9 Å². The first-order valence-electron chi connectivity index (χ1n) is 13.5. The van der Waals surface area contributed by atoms with Crippen LogP contribution in [0.25, 0.3) is 11.0 Å². The monoisotopic (exact) mass is 497 g/mol. The summed E-state index contributed by atoms with van der Waals surface area (Å²) in [6, 6.07) is 24.5. The van der Waals surface area contributed by atoms with Crippen molar-refractivity contribution in [3.63, 3.8) is 0 Å². The van der Waals surface area contributed by atoms with Gasteiger partial charge in [-0.3, -0.25) is 4.79 Å². The maximum atomic E-state index is 12.3. The molecule has 1 aromatic heterocycles. The lowest BCUT2D eigenvalue weighted by atomic mass is 10.0. The van der Waals surface area contributed by atoms with Crippen molar-refractivity contribution >= 4 is 16.9 Å². The zero-order valence-electron chi connectivity index (χ0n) is 22.4. The molecule has 0 aliphatic rings. The summed E-state index contributed by atoms with van der Waals surface area (Å²) < 4.78 is 8.35. The summed E-state index contributed by atoms with van der Waals surface area (Å²) in [5.41, 5.74) is 5.39. The second-order valence-corrected chi connectivity index (χ2v) is 10.0. The number of hydrogen-bond donors (Lipinski definition) is 1. The molecule has 0 aliphatic heterocycles. The number of amides is 1. The number of nitrogens with one attached hydrogen (secondary N) is 1. The zero-order valence-corrected chi connectivity index (χ0v) is 22.4. The molecule has 0 spiro atoms. The standard InChI is InChI=1S/C32H39N3O2/c1-24(2)26-16-18-28(19-17-26)37-22-10-21-35-30-14-7-6-13-29(30)34-31(35)15-5-4-8-20-33-32(36)27-12-9-11-25(3)23-27/h6-7,9,11-14,16-19,23-24H,4-5,8,10,15,20-22H2,1-3H3,(H,33,36). The maximum absolute atomic E-state index is 12.3. The minimum Gasteiger partial charge on any atom is -0.494 e. The topological polar surface area (TPSA) is 56.2 Å². The summed E-state index contributed by atoms with van der Waals surface area (Å²) in [7, 11) is 0. The van der Waals surface area contributed by atoms with Gasteiger partial charge in [0.2, 0.25) is 0 Å². The molecule has 1 heterocycles. The first-order chi connectivity index (χ1) is 18.0. The van der Waals surface area contributed by atoms with E-state index >= 15 is 0 Å². The van der Waals surface area contributed by atoms with Gasteiger partial charge >= 0.3 is 0 Å². The first kappa shape index (κ1) is 26.5. The number of benzene rings is 3. The number of para-hydroxylation sites is 2. The van der Waals surface area contributed by atoms with Crippen molar-refractivity contribution in [2.75, 3.05) is 13.2 Å². The number of unbranched alkanes of at least 4 members (excludes halogenated alkanes) is 2. The lowest BCUT2D eigenvalue weighted by Gasteiger charge is -2.11. The van der Waals surface area contributed by atoms with Crippen LogP contribution in [0.5, 0.6) is 5.75 Å². The van der Waals surface area contributed by atoms with Gasteiger partial charge in [-0.1, -0.05) is 62.2 Å². The molecule has 1 N–H and O–H groups in total. The molecular weight excluding hydrogens is 458 g/mol. The van der Waals surface area contributed by atoms with Gasteiger partial charge in [0.05, 0.1) is 17.6 Å². The number of aromatic nitrogens is 2. The van der Waals surface area contributed by atoms with Crippen molar-refractivity contribution in [3.8, 4) is 5.75 Å². The second kappa shape index (κ2) is 13.1. The Kier molecular flexibility index (Phi) is 9.36. The lowest BCUT2D eigenvalue weighted by molar-refractivity contribution is 0.0953. The SMILES string of the molecule is Cc1cccc(C(=O)NCCCCCc2nc3ccccc3n2CCCOc2ccc(C(C)C)cc2)c1. The van der Waals surface area contributed by atoms with E-state index in [1.165, 1.54) is 11.1 Å². The number of rotatable bonds is 13. The number of fused-ring (bicyclic) bond motifs is 1. The number of carbonyl (C=O) groups excluding carboxylic acids is 1. The molecule has 0 fully saturated rings. The molecule has 0 aliphatic carbocycles. The van der Waals surface area contributed by atoms with E-state index in [1.54, 1.807) is 0 Å². The second-order valence-electron chi connectivity index (χ2n) is 10.0. The van der Waals surface area contributed by atoms with Crippen LogP contribution in [0.3, 0.4) is 0 Å². The average Bonchev–Trinajstić information content (AvgIpc) is 3.26. The fourth-order valence-corrected chi connectivity index (χ4v) is 4.60. The highest BCUT2D eigenvalue weighted by molar-refractivity contribution is 5.94. The highest BCUT2D eigenvalue weighted by atomic mass is 16.5. The Morgan fingerprint density at radius 1 is 0.946 bits per heavy atom. The molecular formula is C32H39N3O2. The van der Waals surface area contributed by atoms with Crippen LogP contribution in [0.1, 0.15) is 72.8 Å². The Labute approximate surface area is 220 Å². The third kappa shape index (κ3) is 7.45. The molecule has 0 saturated heterocycles. The number of nitrogens with zero attached hydrogens (tertiary/aromatic N) is 2. The summed E-state index contributed by atoms with van der Waals surface area (Å²) in [5.74, 6) is 2.59. The molecule has 1 amide bonds. The van der Waals surface area contributed by atoms with Gasteiger partial charge in [-0.05, 0) is 74.1 Å². The third-order valence-corrected chi connectivity index (χ3v) is 6.72. The molecule has 4 rings (SSSR count). The van der Waals surface area contributed by atoms with Gasteiger partial charge in [-0.15, -0.1) is 0 Å². The summed E-state index contributed by atoms with van der Waals surface area (Å²) in [6.45, 7) is 8.65. The van der Waals surface area contributed by atoms with Gasteiger partial charge in [-0.25, -0.2) is 4.98 Å². The van der Waals surface area contributed by atoms with Crippen LogP contribution in [0.4, 0.5) is 0 Å². The normalized spacial score (nSPS) is 11.2. The number of carbonyl (C=O) groups is 1. The summed E-state index contributed by atoms with van der Waals surface area (Å²) in [5, 5.41) is 3.04. The number of imidazole rings is 1. The molecule has 3 aromatic carbocycles. The lowest BCUT2D eigenvalue weighted by Crippen LogP contribution is -2.24. The molecule has 0 atom stereocenters. The first-order valence-corrected chi connectivity index (χ1v) is 13.5. The van der Waals surface area contributed by atoms with Crippen LogP contribution in [-0.2, 0) is 13.0 Å². The fraction of sp³-hybridized carbons (Fsp3) is 0.375. The van der Waals surface area contributed by atoms with Crippen molar-refractivity contribution in [2.24, 2.45) is 0 Å². The van der Waals surface area contributed by atoms with Gasteiger partial charge < -0.3 is 14.6 Å². The molecule has 37 heavy (non-hydrogen) atoms. The Morgan fingerprint density at radius 2 is 1.76 bits per heavy atom. The van der Waals surface area contributed by atoms with Gasteiger partial charge in [0.1, 0.15) is 11.6 Å². The van der Waals surface area contributed by atoms with Crippen molar-refractivity contribution in [3.05, 3.63) is 95.3 Å². The molecule has 0 radical (unpaired) electrons. The van der Waals surface area contributed by atoms with Crippen LogP contribution in [0.15, 0.2) is 72.8 Å². The predicted octanol–water partition coefficient (Wildman–Crippen LogP) is 7.08. The number of hydrogen-bond acceptors (Lipinski definition) is 3. The van der Waals surface area contributed by atoms with Crippen LogP contribution in [-0.4, -0.2) is 28.6 Å². The van der Waals surface area contributed by atoms with Crippen LogP contribution in [0, 0.1) is 6.92 Å². The maximum Gasteiger partial charge on any atom is 0.251 e. The van der Waals surface area contributed by atoms with E-state index in [2.05, 4.69) is 66.2 Å². The van der Waals surface area contributed by atoms with Gasteiger partial charge in [0, 0.05) is 25.1 Å². The van der Waals surface area contributed by atoms with E-state index in [0.29, 0.717) is 19.1 Å². The fourth-order valence-electron chi connectivity index (χ4n) is 4.60. The minimum absolute atomic E-state index is 0.00331. The smallest absolute Gasteiger partial charge is 0.251 e. The Balaban J connectivity index is 1.24. The molecule has 0 bridgehead atoms. The molecule has 0 unspecified atom stereocenters. The van der Waals surface area contributed by atoms with Gasteiger partial charge in [0.25, 0.3) is 5.91 Å². The molecule has 5 nitrogen and oxygen atoms in total. The summed E-state index contributed by atoms with van der Waals surface area (Å²) in [6.07, 6.45) is 4.90. The molecule has 194 valence electrons. The van der Waals surface area contributed by atoms with E-state index in [4.69, 9.17) is 9.72 Å². The Hall–Kier alpha value is -3.60. The van der Waals surface area contributed by atoms with Crippen molar-refractivity contribution in [1.82, 2.24) is 14.9 Å². The highest BCUT2D eigenvalue weighted by Gasteiger charge is 2.11. The largest absolute Gasteiger partial charge is 0.494 e. The van der Waals surface area contributed by atoms with E-state index < -0.39 is 0 Å². The minimum atomic E-state index is 0.00331. The molecule has 4 aromatic rings. The number of ether oxygens (including phenoxy) is 1. The van der Waals surface area contributed by atoms with Gasteiger partial charge in [0.15, 0.2) is 0 Å². The van der Waals surface area contributed by atoms with E-state index in [1.807, 2.05) is 37.3 Å². The Bertz CT molecular complexity index is 1290.